The first kappa shape index (κ1) is 14.7. The molecular formula is C16H21BrFN. The van der Waals surface area contributed by atoms with Crippen LogP contribution in [0.3, 0.4) is 0 Å². The van der Waals surface area contributed by atoms with Crippen LogP contribution in [0.5, 0.6) is 0 Å². The summed E-state index contributed by atoms with van der Waals surface area (Å²) in [6, 6.07) is 5.15. The van der Waals surface area contributed by atoms with Gasteiger partial charge < -0.3 is 5.32 Å². The number of allylic oxidation sites excluding steroid dienone is 1. The van der Waals surface area contributed by atoms with Crippen LogP contribution in [0.25, 0.3) is 0 Å². The van der Waals surface area contributed by atoms with Crippen LogP contribution in [0.1, 0.15) is 50.6 Å². The summed E-state index contributed by atoms with van der Waals surface area (Å²) in [5.74, 6) is -0.139. The Labute approximate surface area is 123 Å². The van der Waals surface area contributed by atoms with E-state index in [-0.39, 0.29) is 11.9 Å². The Kier molecular flexibility index (Phi) is 5.59. The van der Waals surface area contributed by atoms with Crippen LogP contribution in [0.15, 0.2) is 34.3 Å². The van der Waals surface area contributed by atoms with E-state index < -0.39 is 0 Å². The summed E-state index contributed by atoms with van der Waals surface area (Å²) < 4.78 is 14.7. The lowest BCUT2D eigenvalue weighted by atomic mass is 9.97. The summed E-state index contributed by atoms with van der Waals surface area (Å²) in [6.45, 7) is 2.93. The van der Waals surface area contributed by atoms with Crippen molar-refractivity contribution in [2.45, 2.75) is 45.1 Å². The van der Waals surface area contributed by atoms with Gasteiger partial charge in [0.1, 0.15) is 5.82 Å². The molecule has 2 rings (SSSR count). The van der Waals surface area contributed by atoms with Gasteiger partial charge in [-0.15, -0.1) is 0 Å². The molecule has 0 fully saturated rings. The largest absolute Gasteiger partial charge is 0.310 e. The van der Waals surface area contributed by atoms with E-state index >= 15 is 0 Å². The third kappa shape index (κ3) is 4.43. The van der Waals surface area contributed by atoms with Crippen LogP contribution < -0.4 is 5.32 Å². The number of hydrogen-bond donors (Lipinski definition) is 1. The van der Waals surface area contributed by atoms with Gasteiger partial charge in [0.25, 0.3) is 0 Å². The number of halogens is 2. The molecule has 3 heteroatoms. The van der Waals surface area contributed by atoms with Gasteiger partial charge in [-0.05, 0) is 63.8 Å². The SMILES string of the molecule is CC(NCCC1=CCCCC1)c1cc(Br)ccc1F. The monoisotopic (exact) mass is 325 g/mol. The summed E-state index contributed by atoms with van der Waals surface area (Å²) in [4.78, 5) is 0. The summed E-state index contributed by atoms with van der Waals surface area (Å²) >= 11 is 3.39. The first-order valence-corrected chi connectivity index (χ1v) is 7.82. The van der Waals surface area contributed by atoms with Gasteiger partial charge in [0.05, 0.1) is 0 Å². The van der Waals surface area contributed by atoms with Crippen LogP contribution in [0.4, 0.5) is 4.39 Å². The fourth-order valence-electron chi connectivity index (χ4n) is 2.54. The van der Waals surface area contributed by atoms with E-state index in [0.29, 0.717) is 0 Å². The smallest absolute Gasteiger partial charge is 0.128 e. The fourth-order valence-corrected chi connectivity index (χ4v) is 2.92. The molecule has 0 saturated heterocycles. The molecule has 0 heterocycles. The second-order valence-electron chi connectivity index (χ2n) is 5.20. The number of hydrogen-bond acceptors (Lipinski definition) is 1. The Balaban J connectivity index is 1.85. The fraction of sp³-hybridized carbons (Fsp3) is 0.500. The first-order valence-electron chi connectivity index (χ1n) is 7.03. The Morgan fingerprint density at radius 1 is 1.37 bits per heavy atom. The van der Waals surface area contributed by atoms with Crippen molar-refractivity contribution in [2.75, 3.05) is 6.54 Å². The van der Waals surface area contributed by atoms with Crippen LogP contribution >= 0.6 is 15.9 Å². The molecule has 1 aromatic rings. The average molecular weight is 326 g/mol. The molecule has 1 unspecified atom stereocenters. The van der Waals surface area contributed by atoms with E-state index in [1.165, 1.54) is 31.7 Å². The molecule has 1 aromatic carbocycles. The highest BCUT2D eigenvalue weighted by molar-refractivity contribution is 9.10. The zero-order valence-corrected chi connectivity index (χ0v) is 13.0. The van der Waals surface area contributed by atoms with Crippen molar-refractivity contribution in [2.24, 2.45) is 0 Å². The van der Waals surface area contributed by atoms with Crippen LogP contribution in [-0.4, -0.2) is 6.54 Å². The van der Waals surface area contributed by atoms with Crippen molar-refractivity contribution in [3.05, 3.63) is 45.7 Å². The van der Waals surface area contributed by atoms with Crippen molar-refractivity contribution in [1.82, 2.24) is 5.32 Å². The molecule has 0 amide bonds. The van der Waals surface area contributed by atoms with Crippen LogP contribution in [-0.2, 0) is 0 Å². The second-order valence-corrected chi connectivity index (χ2v) is 6.12. The highest BCUT2D eigenvalue weighted by Crippen LogP contribution is 2.23. The van der Waals surface area contributed by atoms with Gasteiger partial charge in [0.15, 0.2) is 0 Å². The van der Waals surface area contributed by atoms with E-state index in [1.54, 1.807) is 11.6 Å². The highest BCUT2D eigenvalue weighted by atomic mass is 79.9. The lowest BCUT2D eigenvalue weighted by Crippen LogP contribution is -2.21. The van der Waals surface area contributed by atoms with E-state index in [0.717, 1.165) is 23.0 Å². The highest BCUT2D eigenvalue weighted by Gasteiger charge is 2.11. The molecule has 0 aliphatic heterocycles. The summed E-state index contributed by atoms with van der Waals surface area (Å²) in [5, 5.41) is 3.41. The second kappa shape index (κ2) is 7.20. The lowest BCUT2D eigenvalue weighted by Gasteiger charge is -2.17. The molecule has 0 bridgehead atoms. The van der Waals surface area contributed by atoms with Gasteiger partial charge in [-0.1, -0.05) is 27.6 Å². The zero-order chi connectivity index (χ0) is 13.7. The molecule has 1 nitrogen and oxygen atoms in total. The number of rotatable bonds is 5. The minimum Gasteiger partial charge on any atom is -0.310 e. The van der Waals surface area contributed by atoms with Gasteiger partial charge in [-0.3, -0.25) is 0 Å². The minimum absolute atomic E-state index is 0.0432. The lowest BCUT2D eigenvalue weighted by molar-refractivity contribution is 0.525. The Bertz CT molecular complexity index is 456. The van der Waals surface area contributed by atoms with Crippen LogP contribution in [0, 0.1) is 5.82 Å². The maximum absolute atomic E-state index is 13.7. The van der Waals surface area contributed by atoms with Gasteiger partial charge in [0, 0.05) is 16.1 Å². The van der Waals surface area contributed by atoms with E-state index in [2.05, 4.69) is 27.3 Å². The molecule has 0 aromatic heterocycles. The standard InChI is InChI=1S/C16H21BrFN/c1-12(15-11-14(17)7-8-16(15)18)19-10-9-13-5-3-2-4-6-13/h5,7-8,11-12,19H,2-4,6,9-10H2,1H3. The first-order chi connectivity index (χ1) is 9.16. The van der Waals surface area contributed by atoms with Crippen molar-refractivity contribution in [1.29, 1.82) is 0 Å². The molecule has 19 heavy (non-hydrogen) atoms. The topological polar surface area (TPSA) is 12.0 Å². The van der Waals surface area contributed by atoms with Crippen molar-refractivity contribution in [3.8, 4) is 0 Å². The predicted octanol–water partition coefficient (Wildman–Crippen LogP) is 5.13. The van der Waals surface area contributed by atoms with Gasteiger partial charge in [-0.25, -0.2) is 4.39 Å². The predicted molar refractivity (Wildman–Crippen MR) is 81.7 cm³/mol. The summed E-state index contributed by atoms with van der Waals surface area (Å²) in [5.41, 5.74) is 2.28. The number of benzene rings is 1. The van der Waals surface area contributed by atoms with Crippen molar-refractivity contribution >= 4 is 15.9 Å². The molecular weight excluding hydrogens is 305 g/mol. The van der Waals surface area contributed by atoms with Gasteiger partial charge in [-0.2, -0.15) is 0 Å². The maximum atomic E-state index is 13.7. The van der Waals surface area contributed by atoms with E-state index in [4.69, 9.17) is 0 Å². The molecule has 1 atom stereocenters. The average Bonchev–Trinajstić information content (AvgIpc) is 2.42. The molecule has 0 radical (unpaired) electrons. The van der Waals surface area contributed by atoms with E-state index in [1.807, 2.05) is 13.0 Å². The van der Waals surface area contributed by atoms with Crippen LogP contribution in [0.2, 0.25) is 0 Å². The van der Waals surface area contributed by atoms with Crippen molar-refractivity contribution < 1.29 is 4.39 Å². The summed E-state index contributed by atoms with van der Waals surface area (Å²) in [7, 11) is 0. The molecule has 1 N–H and O–H groups in total. The maximum Gasteiger partial charge on any atom is 0.128 e. The van der Waals surface area contributed by atoms with Crippen molar-refractivity contribution in [3.63, 3.8) is 0 Å². The minimum atomic E-state index is -0.139. The Morgan fingerprint density at radius 3 is 2.95 bits per heavy atom. The third-order valence-corrected chi connectivity index (χ3v) is 4.20. The van der Waals surface area contributed by atoms with Gasteiger partial charge in [0.2, 0.25) is 0 Å². The molecule has 0 saturated carbocycles. The van der Waals surface area contributed by atoms with E-state index in [9.17, 15) is 4.39 Å². The summed E-state index contributed by atoms with van der Waals surface area (Å²) in [6.07, 6.45) is 8.57. The Morgan fingerprint density at radius 2 is 2.21 bits per heavy atom. The Hall–Kier alpha value is -0.670. The molecule has 1 aliphatic rings. The van der Waals surface area contributed by atoms with Gasteiger partial charge >= 0.3 is 0 Å². The molecule has 104 valence electrons. The third-order valence-electron chi connectivity index (χ3n) is 3.71. The number of nitrogens with one attached hydrogen (secondary N) is 1. The normalized spacial score (nSPS) is 17.1. The molecule has 0 spiro atoms. The quantitative estimate of drug-likeness (QED) is 0.740. The zero-order valence-electron chi connectivity index (χ0n) is 11.4. The molecule has 1 aliphatic carbocycles.